The molecule has 0 aromatic carbocycles. The highest BCUT2D eigenvalue weighted by Gasteiger charge is 2.44. The summed E-state index contributed by atoms with van der Waals surface area (Å²) in [5.74, 6) is 1.11. The Morgan fingerprint density at radius 2 is 1.81 bits per heavy atom. The lowest BCUT2D eigenvalue weighted by Gasteiger charge is -2.43. The molecule has 2 rings (SSSR count). The molecule has 2 aliphatic rings. The van der Waals surface area contributed by atoms with Crippen molar-refractivity contribution in [3.05, 3.63) is 0 Å². The molecule has 1 aliphatic heterocycles. The average Bonchev–Trinajstić information content (AvgIpc) is 2.94. The van der Waals surface area contributed by atoms with Crippen molar-refractivity contribution in [1.82, 2.24) is 10.2 Å². The number of hydrogen-bond donors (Lipinski definition) is 1. The Labute approximate surface area is 128 Å². The zero-order valence-electron chi connectivity index (χ0n) is 13.9. The van der Waals surface area contributed by atoms with Crippen LogP contribution in [0.25, 0.3) is 0 Å². The smallest absolute Gasteiger partial charge is 0.246 e. The minimum Gasteiger partial charge on any atom is -0.342 e. The lowest BCUT2D eigenvalue weighted by atomic mass is 9.89. The van der Waals surface area contributed by atoms with Crippen molar-refractivity contribution in [3.8, 4) is 0 Å². The van der Waals surface area contributed by atoms with E-state index < -0.39 is 0 Å². The third-order valence-electron chi connectivity index (χ3n) is 5.23. The fraction of sp³-hybridized carbons (Fsp3) is 0.882. The van der Waals surface area contributed by atoms with Gasteiger partial charge in [-0.05, 0) is 30.6 Å². The predicted molar refractivity (Wildman–Crippen MR) is 83.7 cm³/mol. The summed E-state index contributed by atoms with van der Waals surface area (Å²) in [5, 5.41) is 2.96. The van der Waals surface area contributed by atoms with Gasteiger partial charge in [0.05, 0.1) is 0 Å². The lowest BCUT2D eigenvalue weighted by molar-refractivity contribution is -0.153. The molecular weight excluding hydrogens is 264 g/mol. The van der Waals surface area contributed by atoms with Gasteiger partial charge in [0.2, 0.25) is 11.8 Å². The molecule has 0 spiro atoms. The fourth-order valence-corrected chi connectivity index (χ4v) is 3.67. The first kappa shape index (κ1) is 16.3. The Balaban J connectivity index is 2.20. The van der Waals surface area contributed by atoms with E-state index in [-0.39, 0.29) is 35.7 Å². The minimum absolute atomic E-state index is 0.0423. The summed E-state index contributed by atoms with van der Waals surface area (Å²) in [7, 11) is 0. The summed E-state index contributed by atoms with van der Waals surface area (Å²) in [5.41, 5.74) is 0. The highest BCUT2D eigenvalue weighted by molar-refractivity contribution is 5.97. The van der Waals surface area contributed by atoms with Gasteiger partial charge in [0.15, 0.2) is 0 Å². The van der Waals surface area contributed by atoms with Crippen molar-refractivity contribution in [2.75, 3.05) is 6.54 Å². The first-order valence-electron chi connectivity index (χ1n) is 8.56. The molecule has 3 atom stereocenters. The highest BCUT2D eigenvalue weighted by atomic mass is 16.2. The maximum atomic E-state index is 12.8. The summed E-state index contributed by atoms with van der Waals surface area (Å²) in [6.45, 7) is 8.93. The van der Waals surface area contributed by atoms with Crippen LogP contribution in [-0.4, -0.2) is 35.3 Å². The minimum atomic E-state index is -0.348. The first-order chi connectivity index (χ1) is 9.95. The quantitative estimate of drug-likeness (QED) is 0.847. The number of nitrogens with zero attached hydrogens (tertiary/aromatic N) is 1. The largest absolute Gasteiger partial charge is 0.342 e. The van der Waals surface area contributed by atoms with Crippen LogP contribution in [0.15, 0.2) is 0 Å². The van der Waals surface area contributed by atoms with Gasteiger partial charge in [0.1, 0.15) is 12.1 Å². The van der Waals surface area contributed by atoms with Crippen LogP contribution in [-0.2, 0) is 9.59 Å². The van der Waals surface area contributed by atoms with Gasteiger partial charge in [-0.25, -0.2) is 0 Å². The van der Waals surface area contributed by atoms with Crippen LogP contribution < -0.4 is 5.32 Å². The number of carbonyl (C=O) groups excluding carboxylic acids is 2. The highest BCUT2D eigenvalue weighted by Crippen LogP contribution is 2.29. The Kier molecular flexibility index (Phi) is 5.28. The van der Waals surface area contributed by atoms with E-state index in [0.29, 0.717) is 5.92 Å². The second-order valence-corrected chi connectivity index (χ2v) is 7.20. The van der Waals surface area contributed by atoms with E-state index in [0.717, 1.165) is 13.0 Å². The van der Waals surface area contributed by atoms with Gasteiger partial charge in [-0.3, -0.25) is 9.59 Å². The second kappa shape index (κ2) is 6.80. The van der Waals surface area contributed by atoms with Gasteiger partial charge in [-0.15, -0.1) is 0 Å². The molecule has 1 saturated heterocycles. The van der Waals surface area contributed by atoms with Gasteiger partial charge in [0.25, 0.3) is 0 Å². The third-order valence-corrected chi connectivity index (χ3v) is 5.23. The predicted octanol–water partition coefficient (Wildman–Crippen LogP) is 2.57. The number of rotatable bonds is 5. The SMILES string of the molecule is CCC(C)C1C(=O)NC(C(C)C)C(=O)N1CC1CCCC1. The second-order valence-electron chi connectivity index (χ2n) is 7.20. The van der Waals surface area contributed by atoms with Crippen molar-refractivity contribution in [2.24, 2.45) is 17.8 Å². The molecule has 120 valence electrons. The number of carbonyl (C=O) groups is 2. The molecule has 0 aromatic heterocycles. The zero-order valence-corrected chi connectivity index (χ0v) is 13.9. The Morgan fingerprint density at radius 1 is 1.19 bits per heavy atom. The average molecular weight is 294 g/mol. The van der Waals surface area contributed by atoms with Crippen molar-refractivity contribution >= 4 is 11.8 Å². The molecule has 1 heterocycles. The van der Waals surface area contributed by atoms with E-state index in [9.17, 15) is 9.59 Å². The maximum absolute atomic E-state index is 12.8. The van der Waals surface area contributed by atoms with E-state index in [1.54, 1.807) is 0 Å². The summed E-state index contributed by atoms with van der Waals surface area (Å²) in [6.07, 6.45) is 5.84. The van der Waals surface area contributed by atoms with Gasteiger partial charge in [0, 0.05) is 6.54 Å². The van der Waals surface area contributed by atoms with Crippen LogP contribution >= 0.6 is 0 Å². The van der Waals surface area contributed by atoms with Gasteiger partial charge in [-0.1, -0.05) is 47.0 Å². The van der Waals surface area contributed by atoms with Crippen molar-refractivity contribution < 1.29 is 9.59 Å². The summed E-state index contributed by atoms with van der Waals surface area (Å²) >= 11 is 0. The number of piperazine rings is 1. The Morgan fingerprint density at radius 3 is 2.33 bits per heavy atom. The molecule has 21 heavy (non-hydrogen) atoms. The van der Waals surface area contributed by atoms with Crippen molar-refractivity contribution in [3.63, 3.8) is 0 Å². The molecular formula is C17H30N2O2. The van der Waals surface area contributed by atoms with Crippen LogP contribution in [0.4, 0.5) is 0 Å². The number of nitrogens with one attached hydrogen (secondary N) is 1. The molecule has 1 saturated carbocycles. The third kappa shape index (κ3) is 3.41. The number of hydrogen-bond acceptors (Lipinski definition) is 2. The summed E-state index contributed by atoms with van der Waals surface area (Å²) in [4.78, 5) is 27.3. The molecule has 0 aromatic rings. The molecule has 1 N–H and O–H groups in total. The zero-order chi connectivity index (χ0) is 15.6. The molecule has 2 amide bonds. The normalized spacial score (nSPS) is 29.1. The topological polar surface area (TPSA) is 49.4 Å². The maximum Gasteiger partial charge on any atom is 0.246 e. The molecule has 3 unspecified atom stereocenters. The van der Waals surface area contributed by atoms with Gasteiger partial charge in [-0.2, -0.15) is 0 Å². The van der Waals surface area contributed by atoms with E-state index in [1.165, 1.54) is 25.7 Å². The van der Waals surface area contributed by atoms with E-state index in [2.05, 4.69) is 19.2 Å². The van der Waals surface area contributed by atoms with Crippen LogP contribution in [0.2, 0.25) is 0 Å². The van der Waals surface area contributed by atoms with Gasteiger partial charge >= 0.3 is 0 Å². The monoisotopic (exact) mass is 294 g/mol. The van der Waals surface area contributed by atoms with E-state index in [1.807, 2.05) is 18.7 Å². The van der Waals surface area contributed by atoms with Crippen LogP contribution in [0, 0.1) is 17.8 Å². The number of amides is 2. The van der Waals surface area contributed by atoms with Crippen LogP contribution in [0.3, 0.4) is 0 Å². The fourth-order valence-electron chi connectivity index (χ4n) is 3.67. The molecule has 4 heteroatoms. The molecule has 4 nitrogen and oxygen atoms in total. The van der Waals surface area contributed by atoms with E-state index in [4.69, 9.17) is 0 Å². The Bertz CT molecular complexity index is 388. The van der Waals surface area contributed by atoms with Crippen LogP contribution in [0.1, 0.15) is 59.8 Å². The van der Waals surface area contributed by atoms with Gasteiger partial charge < -0.3 is 10.2 Å². The first-order valence-corrected chi connectivity index (χ1v) is 8.56. The van der Waals surface area contributed by atoms with Crippen LogP contribution in [0.5, 0.6) is 0 Å². The summed E-state index contributed by atoms with van der Waals surface area (Å²) < 4.78 is 0. The Hall–Kier alpha value is -1.06. The van der Waals surface area contributed by atoms with Crippen molar-refractivity contribution in [1.29, 1.82) is 0 Å². The van der Waals surface area contributed by atoms with Crippen molar-refractivity contribution in [2.45, 2.75) is 71.9 Å². The van der Waals surface area contributed by atoms with E-state index >= 15 is 0 Å². The summed E-state index contributed by atoms with van der Waals surface area (Å²) in [6, 6.07) is -0.627. The molecule has 1 aliphatic carbocycles. The molecule has 0 bridgehead atoms. The molecule has 0 radical (unpaired) electrons. The standard InChI is InChI=1S/C17H30N2O2/c1-5-12(4)15-16(20)18-14(11(2)3)17(21)19(15)10-13-8-6-7-9-13/h11-15H,5-10H2,1-4H3,(H,18,20). The molecule has 2 fully saturated rings. The lowest BCUT2D eigenvalue weighted by Crippen LogP contribution is -2.66.